The maximum Gasteiger partial charge on any atom is 0.251 e. The number of carbonyl (C=O) groups excluding carboxylic acids is 1. The van der Waals surface area contributed by atoms with Gasteiger partial charge in [0, 0.05) is 24.2 Å². The SMILES string of the molecule is COCC(CCO)NC(=O)c1cc(SC)ccc1C. The van der Waals surface area contributed by atoms with Gasteiger partial charge in [0.05, 0.1) is 12.6 Å². The van der Waals surface area contributed by atoms with Crippen LogP contribution in [0.1, 0.15) is 22.3 Å². The van der Waals surface area contributed by atoms with Gasteiger partial charge < -0.3 is 15.2 Å². The highest BCUT2D eigenvalue weighted by Gasteiger charge is 2.15. The highest BCUT2D eigenvalue weighted by Crippen LogP contribution is 2.19. The van der Waals surface area contributed by atoms with E-state index < -0.39 is 0 Å². The Bertz CT molecular complexity index is 417. The van der Waals surface area contributed by atoms with Crippen LogP contribution in [0.2, 0.25) is 0 Å². The Balaban J connectivity index is 2.81. The fourth-order valence-electron chi connectivity index (χ4n) is 1.79. The van der Waals surface area contributed by atoms with Crippen LogP contribution in [0.5, 0.6) is 0 Å². The third-order valence-electron chi connectivity index (χ3n) is 2.87. The van der Waals surface area contributed by atoms with E-state index in [4.69, 9.17) is 9.84 Å². The number of methoxy groups -OCH3 is 1. The number of aliphatic hydroxyl groups excluding tert-OH is 1. The minimum Gasteiger partial charge on any atom is -0.396 e. The normalized spacial score (nSPS) is 12.2. The molecule has 0 aromatic heterocycles. The number of hydrogen-bond acceptors (Lipinski definition) is 4. The zero-order valence-electron chi connectivity index (χ0n) is 11.6. The number of amides is 1. The van der Waals surface area contributed by atoms with Crippen molar-refractivity contribution in [2.24, 2.45) is 0 Å². The number of benzene rings is 1. The minimum atomic E-state index is -0.167. The number of carbonyl (C=O) groups is 1. The molecule has 1 aromatic rings. The van der Waals surface area contributed by atoms with Crippen molar-refractivity contribution >= 4 is 17.7 Å². The molecule has 19 heavy (non-hydrogen) atoms. The molecule has 4 nitrogen and oxygen atoms in total. The lowest BCUT2D eigenvalue weighted by Gasteiger charge is -2.17. The molecule has 1 aromatic carbocycles. The highest BCUT2D eigenvalue weighted by molar-refractivity contribution is 7.98. The van der Waals surface area contributed by atoms with Crippen LogP contribution in [0, 0.1) is 6.92 Å². The van der Waals surface area contributed by atoms with Crippen molar-refractivity contribution in [1.29, 1.82) is 0 Å². The lowest BCUT2D eigenvalue weighted by atomic mass is 10.1. The molecule has 0 radical (unpaired) electrons. The summed E-state index contributed by atoms with van der Waals surface area (Å²) in [6.07, 6.45) is 2.46. The summed E-state index contributed by atoms with van der Waals surface area (Å²) >= 11 is 1.60. The zero-order chi connectivity index (χ0) is 14.3. The van der Waals surface area contributed by atoms with E-state index in [-0.39, 0.29) is 18.6 Å². The number of hydrogen-bond donors (Lipinski definition) is 2. The molecule has 1 amide bonds. The Morgan fingerprint density at radius 1 is 1.53 bits per heavy atom. The number of ether oxygens (including phenoxy) is 1. The molecule has 0 saturated heterocycles. The van der Waals surface area contributed by atoms with Crippen LogP contribution >= 0.6 is 11.8 Å². The Morgan fingerprint density at radius 3 is 2.84 bits per heavy atom. The van der Waals surface area contributed by atoms with Crippen LogP contribution in [-0.2, 0) is 4.74 Å². The van der Waals surface area contributed by atoms with Gasteiger partial charge in [-0.25, -0.2) is 0 Å². The summed E-state index contributed by atoms with van der Waals surface area (Å²) < 4.78 is 5.04. The monoisotopic (exact) mass is 283 g/mol. The highest BCUT2D eigenvalue weighted by atomic mass is 32.2. The first-order valence-electron chi connectivity index (χ1n) is 6.17. The number of aryl methyl sites for hydroxylation is 1. The second kappa shape index (κ2) is 8.19. The molecule has 1 unspecified atom stereocenters. The van der Waals surface area contributed by atoms with Gasteiger partial charge in [0.2, 0.25) is 0 Å². The minimum absolute atomic E-state index is 0.0259. The van der Waals surface area contributed by atoms with Crippen LogP contribution in [0.4, 0.5) is 0 Å². The van der Waals surface area contributed by atoms with E-state index in [0.29, 0.717) is 18.6 Å². The molecule has 0 heterocycles. The second-order valence-corrected chi connectivity index (χ2v) is 5.20. The van der Waals surface area contributed by atoms with Crippen molar-refractivity contribution in [2.75, 3.05) is 26.6 Å². The summed E-state index contributed by atoms with van der Waals surface area (Å²) in [6, 6.07) is 5.66. The van der Waals surface area contributed by atoms with Gasteiger partial charge in [0.1, 0.15) is 0 Å². The molecule has 0 aliphatic carbocycles. The lowest BCUT2D eigenvalue weighted by Crippen LogP contribution is -2.39. The quantitative estimate of drug-likeness (QED) is 0.750. The molecule has 2 N–H and O–H groups in total. The van der Waals surface area contributed by atoms with Crippen LogP contribution in [0.3, 0.4) is 0 Å². The van der Waals surface area contributed by atoms with Gasteiger partial charge in [-0.1, -0.05) is 6.07 Å². The fraction of sp³-hybridized carbons (Fsp3) is 0.500. The van der Waals surface area contributed by atoms with Crippen molar-refractivity contribution in [3.8, 4) is 0 Å². The van der Waals surface area contributed by atoms with Gasteiger partial charge in [0.25, 0.3) is 5.91 Å². The molecule has 5 heteroatoms. The van der Waals surface area contributed by atoms with Gasteiger partial charge in [-0.05, 0) is 37.3 Å². The summed E-state index contributed by atoms with van der Waals surface area (Å²) in [5, 5.41) is 11.9. The molecule has 0 saturated carbocycles. The van der Waals surface area contributed by atoms with E-state index >= 15 is 0 Å². The van der Waals surface area contributed by atoms with Crippen molar-refractivity contribution in [1.82, 2.24) is 5.32 Å². The first kappa shape index (κ1) is 16.0. The Morgan fingerprint density at radius 2 is 2.26 bits per heavy atom. The van der Waals surface area contributed by atoms with Crippen LogP contribution < -0.4 is 5.32 Å². The Labute approximate surface area is 118 Å². The summed E-state index contributed by atoms with van der Waals surface area (Å²) in [4.78, 5) is 13.3. The standard InChI is InChI=1S/C14H21NO3S/c1-10-4-5-12(19-3)8-13(10)14(17)15-11(6-7-16)9-18-2/h4-5,8,11,16H,6-7,9H2,1-3H3,(H,15,17). The van der Waals surface area contributed by atoms with Gasteiger partial charge in [0.15, 0.2) is 0 Å². The molecule has 106 valence electrons. The summed E-state index contributed by atoms with van der Waals surface area (Å²) in [6.45, 7) is 2.34. The number of aliphatic hydroxyl groups is 1. The number of rotatable bonds is 7. The van der Waals surface area contributed by atoms with E-state index in [2.05, 4.69) is 5.32 Å². The summed E-state index contributed by atoms with van der Waals surface area (Å²) in [5.74, 6) is -0.121. The first-order chi connectivity index (χ1) is 9.12. The van der Waals surface area contributed by atoms with Crippen molar-refractivity contribution in [2.45, 2.75) is 24.3 Å². The predicted octanol–water partition coefficient (Wildman–Crippen LogP) is 1.84. The Hall–Kier alpha value is -1.04. The molecule has 0 spiro atoms. The third kappa shape index (κ3) is 4.86. The van der Waals surface area contributed by atoms with E-state index in [1.54, 1.807) is 18.9 Å². The van der Waals surface area contributed by atoms with E-state index in [1.165, 1.54) is 0 Å². The first-order valence-corrected chi connectivity index (χ1v) is 7.40. The average Bonchev–Trinajstić information content (AvgIpc) is 2.39. The molecular formula is C14H21NO3S. The predicted molar refractivity (Wildman–Crippen MR) is 77.8 cm³/mol. The van der Waals surface area contributed by atoms with Crippen LogP contribution in [-0.4, -0.2) is 43.6 Å². The Kier molecular flexibility index (Phi) is 6.91. The number of nitrogens with one attached hydrogen (secondary N) is 1. The van der Waals surface area contributed by atoms with Crippen molar-refractivity contribution < 1.29 is 14.6 Å². The van der Waals surface area contributed by atoms with Gasteiger partial charge in [-0.15, -0.1) is 11.8 Å². The van der Waals surface area contributed by atoms with Crippen LogP contribution in [0.25, 0.3) is 0 Å². The van der Waals surface area contributed by atoms with Crippen molar-refractivity contribution in [3.05, 3.63) is 29.3 Å². The van der Waals surface area contributed by atoms with Gasteiger partial charge in [-0.2, -0.15) is 0 Å². The summed E-state index contributed by atoms with van der Waals surface area (Å²) in [7, 11) is 1.58. The molecule has 1 atom stereocenters. The van der Waals surface area contributed by atoms with E-state index in [1.807, 2.05) is 31.4 Å². The molecule has 0 aliphatic heterocycles. The topological polar surface area (TPSA) is 58.6 Å². The summed E-state index contributed by atoms with van der Waals surface area (Å²) in [5.41, 5.74) is 1.61. The number of thioether (sulfide) groups is 1. The zero-order valence-corrected chi connectivity index (χ0v) is 12.4. The maximum atomic E-state index is 12.2. The molecule has 0 fully saturated rings. The largest absolute Gasteiger partial charge is 0.396 e. The molecular weight excluding hydrogens is 262 g/mol. The lowest BCUT2D eigenvalue weighted by molar-refractivity contribution is 0.0878. The van der Waals surface area contributed by atoms with E-state index in [0.717, 1.165) is 10.5 Å². The van der Waals surface area contributed by atoms with Gasteiger partial charge >= 0.3 is 0 Å². The maximum absolute atomic E-state index is 12.2. The molecule has 0 aliphatic rings. The molecule has 1 rings (SSSR count). The smallest absolute Gasteiger partial charge is 0.251 e. The third-order valence-corrected chi connectivity index (χ3v) is 3.60. The van der Waals surface area contributed by atoms with E-state index in [9.17, 15) is 4.79 Å². The second-order valence-electron chi connectivity index (χ2n) is 4.32. The molecule has 0 bridgehead atoms. The average molecular weight is 283 g/mol. The van der Waals surface area contributed by atoms with Crippen LogP contribution in [0.15, 0.2) is 23.1 Å². The van der Waals surface area contributed by atoms with Crippen molar-refractivity contribution in [3.63, 3.8) is 0 Å². The fourth-order valence-corrected chi connectivity index (χ4v) is 2.23. The van der Waals surface area contributed by atoms with Gasteiger partial charge in [-0.3, -0.25) is 4.79 Å².